The fourth-order valence-electron chi connectivity index (χ4n) is 1.83. The molecule has 7 heteroatoms. The molecule has 0 fully saturated rings. The Bertz CT molecular complexity index is 596. The summed E-state index contributed by atoms with van der Waals surface area (Å²) < 4.78 is 6.76. The summed E-state index contributed by atoms with van der Waals surface area (Å²) in [4.78, 5) is 11.9. The first-order valence-electron chi connectivity index (χ1n) is 6.84. The molecule has 1 atom stereocenters. The molecule has 0 aliphatic carbocycles. The summed E-state index contributed by atoms with van der Waals surface area (Å²) in [5.74, 6) is 0.586. The third kappa shape index (κ3) is 4.75. The van der Waals surface area contributed by atoms with Gasteiger partial charge in [-0.25, -0.2) is 4.68 Å². The lowest BCUT2D eigenvalue weighted by Gasteiger charge is -2.06. The van der Waals surface area contributed by atoms with Crippen LogP contribution in [0, 0.1) is 0 Å². The molecule has 0 spiro atoms. The van der Waals surface area contributed by atoms with Crippen LogP contribution in [0.1, 0.15) is 23.8 Å². The number of ether oxygens (including phenoxy) is 1. The number of amides is 1. The van der Waals surface area contributed by atoms with Gasteiger partial charge in [-0.15, -0.1) is 12.4 Å². The molecule has 2 aromatic rings. The summed E-state index contributed by atoms with van der Waals surface area (Å²) >= 11 is 0. The van der Waals surface area contributed by atoms with Gasteiger partial charge in [0.15, 0.2) is 5.69 Å². The van der Waals surface area contributed by atoms with Crippen LogP contribution < -0.4 is 15.8 Å². The molecule has 1 amide bonds. The predicted octanol–water partition coefficient (Wildman–Crippen LogP) is 1.77. The number of nitrogens with one attached hydrogen (secondary N) is 1. The summed E-state index contributed by atoms with van der Waals surface area (Å²) in [6.07, 6.45) is 2.49. The van der Waals surface area contributed by atoms with E-state index in [1.54, 1.807) is 24.1 Å². The Morgan fingerprint density at radius 1 is 1.36 bits per heavy atom. The molecule has 0 saturated heterocycles. The van der Waals surface area contributed by atoms with E-state index in [2.05, 4.69) is 10.4 Å². The standard InChI is InChI=1S/C15H20N4O2.ClH/c1-11(16)7-9-17-15(20)14-8-10-19(18-14)12-3-5-13(21-2)6-4-12;/h3-6,8,10-11H,7,9,16H2,1-2H3,(H,17,20);1H. The molecule has 2 rings (SSSR count). The Kier molecular flexibility index (Phi) is 6.88. The predicted molar refractivity (Wildman–Crippen MR) is 88.0 cm³/mol. The molecular formula is C15H21ClN4O2. The quantitative estimate of drug-likeness (QED) is 0.848. The smallest absolute Gasteiger partial charge is 0.271 e. The topological polar surface area (TPSA) is 82.2 Å². The van der Waals surface area contributed by atoms with Crippen LogP contribution in [0.5, 0.6) is 5.75 Å². The van der Waals surface area contributed by atoms with E-state index in [0.717, 1.165) is 17.9 Å². The largest absolute Gasteiger partial charge is 0.497 e. The number of carbonyl (C=O) groups excluding carboxylic acids is 1. The average molecular weight is 325 g/mol. The Hall–Kier alpha value is -2.05. The van der Waals surface area contributed by atoms with E-state index in [1.807, 2.05) is 31.2 Å². The molecule has 0 aliphatic heterocycles. The van der Waals surface area contributed by atoms with Crippen molar-refractivity contribution in [2.24, 2.45) is 5.73 Å². The maximum absolute atomic E-state index is 11.9. The van der Waals surface area contributed by atoms with Gasteiger partial charge in [-0.2, -0.15) is 5.10 Å². The number of methoxy groups -OCH3 is 1. The molecule has 6 nitrogen and oxygen atoms in total. The number of nitrogens with zero attached hydrogens (tertiary/aromatic N) is 2. The number of benzene rings is 1. The van der Waals surface area contributed by atoms with Crippen LogP contribution in [0.15, 0.2) is 36.5 Å². The van der Waals surface area contributed by atoms with Gasteiger partial charge in [0.05, 0.1) is 12.8 Å². The summed E-state index contributed by atoms with van der Waals surface area (Å²) in [5, 5.41) is 7.06. The zero-order chi connectivity index (χ0) is 15.2. The van der Waals surface area contributed by atoms with Crippen LogP contribution >= 0.6 is 12.4 Å². The number of halogens is 1. The van der Waals surface area contributed by atoms with Crippen LogP contribution in [-0.2, 0) is 0 Å². The number of hydrogen-bond acceptors (Lipinski definition) is 4. The molecule has 120 valence electrons. The van der Waals surface area contributed by atoms with Crippen molar-refractivity contribution >= 4 is 18.3 Å². The van der Waals surface area contributed by atoms with Gasteiger partial charge in [0.2, 0.25) is 0 Å². The first kappa shape index (κ1) is 18.0. The van der Waals surface area contributed by atoms with E-state index in [4.69, 9.17) is 10.5 Å². The summed E-state index contributed by atoms with van der Waals surface area (Å²) in [7, 11) is 1.62. The molecule has 3 N–H and O–H groups in total. The van der Waals surface area contributed by atoms with Crippen molar-refractivity contribution in [2.45, 2.75) is 19.4 Å². The minimum absolute atomic E-state index is 0. The van der Waals surface area contributed by atoms with Gasteiger partial charge >= 0.3 is 0 Å². The van der Waals surface area contributed by atoms with E-state index in [9.17, 15) is 4.79 Å². The van der Waals surface area contributed by atoms with E-state index in [0.29, 0.717) is 12.2 Å². The highest BCUT2D eigenvalue weighted by atomic mass is 35.5. The van der Waals surface area contributed by atoms with E-state index < -0.39 is 0 Å². The van der Waals surface area contributed by atoms with E-state index in [1.165, 1.54) is 0 Å². The number of rotatable bonds is 6. The van der Waals surface area contributed by atoms with Crippen LogP contribution in [-0.4, -0.2) is 35.4 Å². The first-order valence-corrected chi connectivity index (χ1v) is 6.84. The Labute approximate surface area is 136 Å². The van der Waals surface area contributed by atoms with Gasteiger partial charge in [0.1, 0.15) is 5.75 Å². The van der Waals surface area contributed by atoms with Crippen molar-refractivity contribution in [3.63, 3.8) is 0 Å². The highest BCUT2D eigenvalue weighted by Gasteiger charge is 2.10. The maximum Gasteiger partial charge on any atom is 0.271 e. The molecular weight excluding hydrogens is 304 g/mol. The van der Waals surface area contributed by atoms with Crippen LogP contribution in [0.3, 0.4) is 0 Å². The lowest BCUT2D eigenvalue weighted by molar-refractivity contribution is 0.0947. The number of hydrogen-bond donors (Lipinski definition) is 2. The Balaban J connectivity index is 0.00000242. The highest BCUT2D eigenvalue weighted by molar-refractivity contribution is 5.92. The van der Waals surface area contributed by atoms with Crippen molar-refractivity contribution in [3.8, 4) is 11.4 Å². The molecule has 22 heavy (non-hydrogen) atoms. The molecule has 1 heterocycles. The van der Waals surface area contributed by atoms with Gasteiger partial charge in [-0.3, -0.25) is 4.79 Å². The fraction of sp³-hybridized carbons (Fsp3) is 0.333. The molecule has 0 radical (unpaired) electrons. The van der Waals surface area contributed by atoms with Gasteiger partial charge < -0.3 is 15.8 Å². The second-order valence-corrected chi connectivity index (χ2v) is 4.87. The highest BCUT2D eigenvalue weighted by Crippen LogP contribution is 2.14. The third-order valence-corrected chi connectivity index (χ3v) is 3.04. The molecule has 1 aromatic carbocycles. The molecule has 1 aromatic heterocycles. The summed E-state index contributed by atoms with van der Waals surface area (Å²) in [6.45, 7) is 2.45. The molecule has 0 saturated carbocycles. The van der Waals surface area contributed by atoms with Gasteiger partial charge in [0, 0.05) is 18.8 Å². The van der Waals surface area contributed by atoms with Crippen LogP contribution in [0.4, 0.5) is 0 Å². The normalized spacial score (nSPS) is 11.4. The fourth-order valence-corrected chi connectivity index (χ4v) is 1.83. The van der Waals surface area contributed by atoms with Gasteiger partial charge in [-0.1, -0.05) is 0 Å². The minimum atomic E-state index is -0.192. The van der Waals surface area contributed by atoms with E-state index in [-0.39, 0.29) is 24.4 Å². The van der Waals surface area contributed by atoms with Crippen LogP contribution in [0.25, 0.3) is 5.69 Å². The third-order valence-electron chi connectivity index (χ3n) is 3.04. The maximum atomic E-state index is 11.9. The van der Waals surface area contributed by atoms with Crippen molar-refractivity contribution in [1.29, 1.82) is 0 Å². The number of nitrogens with two attached hydrogens (primary N) is 1. The second kappa shape index (κ2) is 8.41. The number of aromatic nitrogens is 2. The Morgan fingerprint density at radius 2 is 2.05 bits per heavy atom. The van der Waals surface area contributed by atoms with Gasteiger partial charge in [-0.05, 0) is 43.7 Å². The molecule has 1 unspecified atom stereocenters. The van der Waals surface area contributed by atoms with Crippen LogP contribution in [0.2, 0.25) is 0 Å². The lowest BCUT2D eigenvalue weighted by Crippen LogP contribution is -2.29. The first-order chi connectivity index (χ1) is 10.1. The van der Waals surface area contributed by atoms with Gasteiger partial charge in [0.25, 0.3) is 5.91 Å². The molecule has 0 bridgehead atoms. The SMILES string of the molecule is COc1ccc(-n2ccc(C(=O)NCCC(C)N)n2)cc1.Cl. The van der Waals surface area contributed by atoms with Crippen molar-refractivity contribution in [1.82, 2.24) is 15.1 Å². The Morgan fingerprint density at radius 3 is 2.64 bits per heavy atom. The second-order valence-electron chi connectivity index (χ2n) is 4.87. The zero-order valence-electron chi connectivity index (χ0n) is 12.7. The average Bonchev–Trinajstić information content (AvgIpc) is 2.97. The minimum Gasteiger partial charge on any atom is -0.497 e. The summed E-state index contributed by atoms with van der Waals surface area (Å²) in [5.41, 5.74) is 6.89. The van der Waals surface area contributed by atoms with Crippen molar-refractivity contribution < 1.29 is 9.53 Å². The lowest BCUT2D eigenvalue weighted by atomic mass is 10.2. The molecule has 0 aliphatic rings. The zero-order valence-corrected chi connectivity index (χ0v) is 13.5. The monoisotopic (exact) mass is 324 g/mol. The summed E-state index contributed by atoms with van der Waals surface area (Å²) in [6, 6.07) is 9.21. The van der Waals surface area contributed by atoms with Crippen molar-refractivity contribution in [3.05, 3.63) is 42.2 Å². The van der Waals surface area contributed by atoms with Crippen molar-refractivity contribution in [2.75, 3.05) is 13.7 Å². The number of carbonyl (C=O) groups is 1. The van der Waals surface area contributed by atoms with E-state index >= 15 is 0 Å².